The molecule has 1 atom stereocenters. The number of nitrogens with zero attached hydrogens (tertiary/aromatic N) is 3. The number of hydrogen-bond donors (Lipinski definition) is 1. The van der Waals surface area contributed by atoms with E-state index in [0.29, 0.717) is 40.5 Å². The molecule has 0 fully saturated rings. The minimum atomic E-state index is -0.384. The van der Waals surface area contributed by atoms with Crippen LogP contribution in [-0.2, 0) is 17.9 Å². The normalized spacial score (nSPS) is 13.0. The molecule has 32 heavy (non-hydrogen) atoms. The largest absolute Gasteiger partial charge is 0.497 e. The molecule has 1 aliphatic heterocycles. The molecule has 3 aromatic rings. The maximum Gasteiger partial charge on any atom is 0.237 e. The standard InChI is InChI=1S/C22H24N4O5S/c1-4-26-20(12-29-17-8-6-16(28-3)7-9-17)24-25-22(26)32-14(2)21(27)23-15-5-10-18-19(11-15)31-13-30-18/h5-11,14H,4,12-13H2,1-3H3,(H,23,27). The predicted molar refractivity (Wildman–Crippen MR) is 120 cm³/mol. The van der Waals surface area contributed by atoms with Crippen LogP contribution in [0.4, 0.5) is 5.69 Å². The van der Waals surface area contributed by atoms with Gasteiger partial charge in [-0.05, 0) is 50.2 Å². The summed E-state index contributed by atoms with van der Waals surface area (Å²) < 4.78 is 23.6. The quantitative estimate of drug-likeness (QED) is 0.487. The molecule has 1 aliphatic rings. The molecule has 1 unspecified atom stereocenters. The van der Waals surface area contributed by atoms with Crippen LogP contribution in [0.2, 0.25) is 0 Å². The number of fused-ring (bicyclic) bond motifs is 1. The van der Waals surface area contributed by atoms with Crippen molar-refractivity contribution in [3.05, 3.63) is 48.3 Å². The Balaban J connectivity index is 1.36. The first-order valence-corrected chi connectivity index (χ1v) is 11.0. The van der Waals surface area contributed by atoms with Crippen LogP contribution in [0.5, 0.6) is 23.0 Å². The summed E-state index contributed by atoms with van der Waals surface area (Å²) in [5, 5.41) is 11.7. The van der Waals surface area contributed by atoms with Crippen molar-refractivity contribution >= 4 is 23.4 Å². The van der Waals surface area contributed by atoms with Crippen LogP contribution in [0.25, 0.3) is 0 Å². The molecule has 0 bridgehead atoms. The number of amides is 1. The molecule has 2 aromatic carbocycles. The minimum Gasteiger partial charge on any atom is -0.497 e. The van der Waals surface area contributed by atoms with Gasteiger partial charge in [-0.25, -0.2) is 0 Å². The van der Waals surface area contributed by atoms with E-state index in [-0.39, 0.29) is 24.6 Å². The van der Waals surface area contributed by atoms with Crippen molar-refractivity contribution in [3.8, 4) is 23.0 Å². The Morgan fingerprint density at radius 2 is 1.91 bits per heavy atom. The van der Waals surface area contributed by atoms with E-state index in [1.807, 2.05) is 42.7 Å². The Kier molecular flexibility index (Phi) is 6.69. The van der Waals surface area contributed by atoms with Crippen molar-refractivity contribution < 1.29 is 23.7 Å². The van der Waals surface area contributed by atoms with E-state index in [4.69, 9.17) is 18.9 Å². The number of ether oxygens (including phenoxy) is 4. The van der Waals surface area contributed by atoms with E-state index in [0.717, 1.165) is 5.75 Å². The van der Waals surface area contributed by atoms with Crippen LogP contribution in [0, 0.1) is 0 Å². The topological polar surface area (TPSA) is 96.7 Å². The van der Waals surface area contributed by atoms with E-state index in [2.05, 4.69) is 15.5 Å². The van der Waals surface area contributed by atoms with Crippen molar-refractivity contribution in [2.75, 3.05) is 19.2 Å². The first-order chi connectivity index (χ1) is 15.6. The summed E-state index contributed by atoms with van der Waals surface area (Å²) in [6.07, 6.45) is 0. The molecule has 4 rings (SSSR count). The number of methoxy groups -OCH3 is 1. The number of carbonyl (C=O) groups is 1. The lowest BCUT2D eigenvalue weighted by atomic mass is 10.2. The number of rotatable bonds is 9. The molecule has 2 heterocycles. The lowest BCUT2D eigenvalue weighted by molar-refractivity contribution is -0.115. The molecule has 1 N–H and O–H groups in total. The smallest absolute Gasteiger partial charge is 0.237 e. The zero-order valence-electron chi connectivity index (χ0n) is 18.0. The van der Waals surface area contributed by atoms with Gasteiger partial charge < -0.3 is 28.8 Å². The average Bonchev–Trinajstić information content (AvgIpc) is 3.44. The molecule has 1 amide bonds. The average molecular weight is 457 g/mol. The van der Waals surface area contributed by atoms with Crippen molar-refractivity contribution in [3.63, 3.8) is 0 Å². The fourth-order valence-electron chi connectivity index (χ4n) is 3.08. The number of nitrogens with one attached hydrogen (secondary N) is 1. The molecule has 168 valence electrons. The summed E-state index contributed by atoms with van der Waals surface area (Å²) in [6, 6.07) is 12.7. The van der Waals surface area contributed by atoms with Crippen LogP contribution in [0.1, 0.15) is 19.7 Å². The maximum absolute atomic E-state index is 12.7. The maximum atomic E-state index is 12.7. The Labute approximate surface area is 190 Å². The molecular formula is C22H24N4O5S. The Hall–Kier alpha value is -3.40. The van der Waals surface area contributed by atoms with Crippen molar-refractivity contribution in [1.82, 2.24) is 14.8 Å². The van der Waals surface area contributed by atoms with Gasteiger partial charge in [0.1, 0.15) is 18.1 Å². The highest BCUT2D eigenvalue weighted by atomic mass is 32.2. The number of hydrogen-bond acceptors (Lipinski definition) is 8. The van der Waals surface area contributed by atoms with Crippen molar-refractivity contribution in [2.24, 2.45) is 0 Å². The third-order valence-corrected chi connectivity index (χ3v) is 5.91. The highest BCUT2D eigenvalue weighted by Gasteiger charge is 2.21. The monoisotopic (exact) mass is 456 g/mol. The Bertz CT molecular complexity index is 1090. The second-order valence-electron chi connectivity index (χ2n) is 6.92. The minimum absolute atomic E-state index is 0.143. The molecule has 1 aromatic heterocycles. The highest BCUT2D eigenvalue weighted by molar-refractivity contribution is 8.00. The first kappa shape index (κ1) is 21.8. The second-order valence-corrected chi connectivity index (χ2v) is 8.23. The van der Waals surface area contributed by atoms with Gasteiger partial charge in [0.15, 0.2) is 22.5 Å². The zero-order chi connectivity index (χ0) is 22.5. The van der Waals surface area contributed by atoms with Gasteiger partial charge in [-0.1, -0.05) is 11.8 Å². The fourth-order valence-corrected chi connectivity index (χ4v) is 4.01. The van der Waals surface area contributed by atoms with Gasteiger partial charge in [0.05, 0.1) is 12.4 Å². The third kappa shape index (κ3) is 4.91. The lowest BCUT2D eigenvalue weighted by Gasteiger charge is -2.13. The Morgan fingerprint density at radius 1 is 1.16 bits per heavy atom. The summed E-state index contributed by atoms with van der Waals surface area (Å²) in [5.74, 6) is 3.31. The molecule has 0 saturated heterocycles. The number of benzene rings is 2. The molecule has 0 radical (unpaired) electrons. The van der Waals surface area contributed by atoms with E-state index in [1.54, 1.807) is 25.3 Å². The molecule has 0 aliphatic carbocycles. The summed E-state index contributed by atoms with van der Waals surface area (Å²) >= 11 is 1.34. The van der Waals surface area contributed by atoms with Crippen LogP contribution in [0.3, 0.4) is 0 Å². The molecule has 0 saturated carbocycles. The van der Waals surface area contributed by atoms with Crippen molar-refractivity contribution in [1.29, 1.82) is 0 Å². The summed E-state index contributed by atoms with van der Waals surface area (Å²) in [5.41, 5.74) is 0.650. The first-order valence-electron chi connectivity index (χ1n) is 10.1. The summed E-state index contributed by atoms with van der Waals surface area (Å²) in [6.45, 7) is 4.95. The lowest BCUT2D eigenvalue weighted by Crippen LogP contribution is -2.23. The van der Waals surface area contributed by atoms with Gasteiger partial charge >= 0.3 is 0 Å². The van der Waals surface area contributed by atoms with Gasteiger partial charge in [-0.15, -0.1) is 10.2 Å². The number of anilines is 1. The van der Waals surface area contributed by atoms with Crippen molar-refractivity contribution in [2.45, 2.75) is 37.4 Å². The fraction of sp³-hybridized carbons (Fsp3) is 0.318. The molecule has 9 nitrogen and oxygen atoms in total. The van der Waals surface area contributed by atoms with Crippen LogP contribution >= 0.6 is 11.8 Å². The molecular weight excluding hydrogens is 432 g/mol. The van der Waals surface area contributed by atoms with Crippen LogP contribution in [0.15, 0.2) is 47.6 Å². The van der Waals surface area contributed by atoms with Crippen LogP contribution < -0.4 is 24.3 Å². The Morgan fingerprint density at radius 3 is 2.66 bits per heavy atom. The summed E-state index contributed by atoms with van der Waals surface area (Å²) in [4.78, 5) is 12.7. The number of thioether (sulfide) groups is 1. The van der Waals surface area contributed by atoms with Gasteiger partial charge in [-0.3, -0.25) is 4.79 Å². The van der Waals surface area contributed by atoms with Crippen LogP contribution in [-0.4, -0.2) is 39.8 Å². The zero-order valence-corrected chi connectivity index (χ0v) is 18.8. The van der Waals surface area contributed by atoms with Gasteiger partial charge in [-0.2, -0.15) is 0 Å². The highest BCUT2D eigenvalue weighted by Crippen LogP contribution is 2.34. The van der Waals surface area contributed by atoms with Gasteiger partial charge in [0.2, 0.25) is 12.7 Å². The van der Waals surface area contributed by atoms with E-state index in [1.165, 1.54) is 11.8 Å². The SMILES string of the molecule is CCn1c(COc2ccc(OC)cc2)nnc1SC(C)C(=O)Nc1ccc2c(c1)OCO2. The summed E-state index contributed by atoms with van der Waals surface area (Å²) in [7, 11) is 1.62. The second kappa shape index (κ2) is 9.82. The van der Waals surface area contributed by atoms with E-state index in [9.17, 15) is 4.79 Å². The van der Waals surface area contributed by atoms with E-state index < -0.39 is 0 Å². The number of aromatic nitrogens is 3. The third-order valence-electron chi connectivity index (χ3n) is 4.83. The molecule has 0 spiro atoms. The number of carbonyl (C=O) groups excluding carboxylic acids is 1. The van der Waals surface area contributed by atoms with Gasteiger partial charge in [0, 0.05) is 18.3 Å². The predicted octanol–water partition coefficient (Wildman–Crippen LogP) is 3.73. The molecule has 10 heteroatoms. The van der Waals surface area contributed by atoms with Gasteiger partial charge in [0.25, 0.3) is 0 Å². The van der Waals surface area contributed by atoms with E-state index >= 15 is 0 Å².